The number of aryl methyl sites for hydroxylation is 1. The summed E-state index contributed by atoms with van der Waals surface area (Å²) in [6.45, 7) is 10.9. The predicted octanol–water partition coefficient (Wildman–Crippen LogP) is 2.59. The summed E-state index contributed by atoms with van der Waals surface area (Å²) in [4.78, 5) is 6.97. The molecule has 0 saturated heterocycles. The lowest BCUT2D eigenvalue weighted by molar-refractivity contribution is 0.275. The zero-order chi connectivity index (χ0) is 15.1. The first-order chi connectivity index (χ1) is 10.3. The third-order valence-corrected chi connectivity index (χ3v) is 3.41. The first-order valence-electron chi connectivity index (χ1n) is 7.29. The highest BCUT2D eigenvalue weighted by Gasteiger charge is 2.12. The number of rotatable bonds is 9. The first kappa shape index (κ1) is 15.5. The van der Waals surface area contributed by atoms with Crippen molar-refractivity contribution in [3.63, 3.8) is 0 Å². The molecule has 0 aliphatic rings. The number of fused-ring (bicyclic) bond motifs is 1. The smallest absolute Gasteiger partial charge is 0.124 e. The Morgan fingerprint density at radius 1 is 1.19 bits per heavy atom. The second-order valence-corrected chi connectivity index (χ2v) is 5.02. The molecule has 0 aliphatic heterocycles. The average molecular weight is 285 g/mol. The third kappa shape index (κ3) is 3.80. The highest BCUT2D eigenvalue weighted by molar-refractivity contribution is 5.75. The predicted molar refractivity (Wildman–Crippen MR) is 87.1 cm³/mol. The molecule has 2 aromatic rings. The first-order valence-corrected chi connectivity index (χ1v) is 7.29. The van der Waals surface area contributed by atoms with Gasteiger partial charge in [0.25, 0.3) is 0 Å². The molecule has 0 aliphatic carbocycles. The van der Waals surface area contributed by atoms with Crippen LogP contribution in [0.1, 0.15) is 12.2 Å². The summed E-state index contributed by atoms with van der Waals surface area (Å²) in [6, 6.07) is 8.13. The van der Waals surface area contributed by atoms with E-state index in [4.69, 9.17) is 10.1 Å². The van der Waals surface area contributed by atoms with Gasteiger partial charge in [-0.15, -0.1) is 13.2 Å². The average Bonchev–Trinajstić information content (AvgIpc) is 2.83. The van der Waals surface area contributed by atoms with Gasteiger partial charge in [-0.2, -0.15) is 0 Å². The fraction of sp³-hybridized carbons (Fsp3) is 0.353. The van der Waals surface area contributed by atoms with Gasteiger partial charge in [-0.1, -0.05) is 24.3 Å². The molecule has 2 rings (SSSR count). The van der Waals surface area contributed by atoms with Gasteiger partial charge in [0.2, 0.25) is 0 Å². The van der Waals surface area contributed by atoms with Gasteiger partial charge in [0, 0.05) is 26.2 Å². The molecule has 0 fully saturated rings. The Morgan fingerprint density at radius 2 is 1.90 bits per heavy atom. The number of nitrogens with zero attached hydrogens (tertiary/aromatic N) is 3. The topological polar surface area (TPSA) is 41.3 Å². The van der Waals surface area contributed by atoms with Gasteiger partial charge in [0.1, 0.15) is 5.82 Å². The molecule has 1 aromatic carbocycles. The van der Waals surface area contributed by atoms with E-state index >= 15 is 0 Å². The van der Waals surface area contributed by atoms with E-state index in [1.807, 2.05) is 30.4 Å². The van der Waals surface area contributed by atoms with E-state index in [0.717, 1.165) is 49.5 Å². The number of aliphatic hydroxyl groups excluding tert-OH is 1. The van der Waals surface area contributed by atoms with Crippen LogP contribution in [0.4, 0.5) is 0 Å². The summed E-state index contributed by atoms with van der Waals surface area (Å²) >= 11 is 0. The van der Waals surface area contributed by atoms with Gasteiger partial charge >= 0.3 is 0 Å². The minimum atomic E-state index is 0.189. The Morgan fingerprint density at radius 3 is 2.57 bits per heavy atom. The molecule has 0 amide bonds. The van der Waals surface area contributed by atoms with Gasteiger partial charge in [-0.3, -0.25) is 4.90 Å². The van der Waals surface area contributed by atoms with E-state index < -0.39 is 0 Å². The zero-order valence-electron chi connectivity index (χ0n) is 12.4. The van der Waals surface area contributed by atoms with E-state index in [1.165, 1.54) is 0 Å². The number of aliphatic hydroxyl groups is 1. The molecule has 0 atom stereocenters. The van der Waals surface area contributed by atoms with Crippen LogP contribution < -0.4 is 0 Å². The number of imidazole rings is 1. The van der Waals surface area contributed by atoms with Crippen molar-refractivity contribution < 1.29 is 5.11 Å². The van der Waals surface area contributed by atoms with Gasteiger partial charge in [-0.25, -0.2) is 4.98 Å². The quantitative estimate of drug-likeness (QED) is 0.720. The fourth-order valence-corrected chi connectivity index (χ4v) is 2.49. The van der Waals surface area contributed by atoms with Crippen molar-refractivity contribution in [2.24, 2.45) is 0 Å². The Labute approximate surface area is 126 Å². The van der Waals surface area contributed by atoms with Crippen LogP contribution in [0.15, 0.2) is 49.6 Å². The van der Waals surface area contributed by atoms with Crippen LogP contribution in [0.25, 0.3) is 11.0 Å². The molecule has 4 heteroatoms. The molecular formula is C17H23N3O. The van der Waals surface area contributed by atoms with Crippen molar-refractivity contribution in [3.05, 3.63) is 55.4 Å². The van der Waals surface area contributed by atoms with Gasteiger partial charge in [0.05, 0.1) is 17.6 Å². The summed E-state index contributed by atoms with van der Waals surface area (Å²) in [5.74, 6) is 1.02. The van der Waals surface area contributed by atoms with Crippen LogP contribution in [0, 0.1) is 0 Å². The number of hydrogen-bond donors (Lipinski definition) is 1. The van der Waals surface area contributed by atoms with Crippen molar-refractivity contribution >= 4 is 11.0 Å². The van der Waals surface area contributed by atoms with Crippen molar-refractivity contribution in [2.45, 2.75) is 19.5 Å². The van der Waals surface area contributed by atoms with Crippen LogP contribution in [-0.4, -0.2) is 39.3 Å². The summed E-state index contributed by atoms with van der Waals surface area (Å²) in [5.41, 5.74) is 2.13. The maximum atomic E-state index is 9.11. The van der Waals surface area contributed by atoms with Gasteiger partial charge < -0.3 is 9.67 Å². The molecule has 1 aromatic heterocycles. The van der Waals surface area contributed by atoms with Crippen LogP contribution in [-0.2, 0) is 13.1 Å². The van der Waals surface area contributed by atoms with Crippen molar-refractivity contribution in [1.82, 2.24) is 14.5 Å². The van der Waals surface area contributed by atoms with Crippen LogP contribution >= 0.6 is 0 Å². The largest absolute Gasteiger partial charge is 0.396 e. The summed E-state index contributed by atoms with van der Waals surface area (Å²) in [7, 11) is 0. The SMILES string of the molecule is C=CCN(CC=C)Cc1nc2ccccc2n1CCCO. The third-order valence-electron chi connectivity index (χ3n) is 3.41. The molecule has 0 unspecified atom stereocenters. The maximum absolute atomic E-state index is 9.11. The van der Waals surface area contributed by atoms with Crippen LogP contribution in [0.2, 0.25) is 0 Å². The Hall–Kier alpha value is -1.91. The second-order valence-electron chi connectivity index (χ2n) is 5.02. The van der Waals surface area contributed by atoms with E-state index in [9.17, 15) is 0 Å². The minimum absolute atomic E-state index is 0.189. The molecule has 112 valence electrons. The highest BCUT2D eigenvalue weighted by atomic mass is 16.3. The Bertz CT molecular complexity index is 593. The second kappa shape index (κ2) is 7.76. The number of benzene rings is 1. The summed E-state index contributed by atoms with van der Waals surface area (Å²) in [5, 5.41) is 9.11. The molecule has 1 N–H and O–H groups in total. The molecule has 4 nitrogen and oxygen atoms in total. The van der Waals surface area contributed by atoms with Crippen LogP contribution in [0.5, 0.6) is 0 Å². The normalized spacial score (nSPS) is 11.1. The number of hydrogen-bond acceptors (Lipinski definition) is 3. The lowest BCUT2D eigenvalue weighted by atomic mass is 10.3. The van der Waals surface area contributed by atoms with Gasteiger partial charge in [0.15, 0.2) is 0 Å². The van der Waals surface area contributed by atoms with Crippen molar-refractivity contribution in [1.29, 1.82) is 0 Å². The molecule has 21 heavy (non-hydrogen) atoms. The van der Waals surface area contributed by atoms with Crippen molar-refractivity contribution in [2.75, 3.05) is 19.7 Å². The van der Waals surface area contributed by atoms with Gasteiger partial charge in [-0.05, 0) is 18.6 Å². The summed E-state index contributed by atoms with van der Waals surface area (Å²) in [6.07, 6.45) is 4.52. The summed E-state index contributed by atoms with van der Waals surface area (Å²) < 4.78 is 2.20. The molecule has 1 heterocycles. The van der Waals surface area contributed by atoms with Crippen molar-refractivity contribution in [3.8, 4) is 0 Å². The zero-order valence-corrected chi connectivity index (χ0v) is 12.4. The molecule has 0 bridgehead atoms. The Balaban J connectivity index is 2.31. The van der Waals surface area contributed by atoms with E-state index in [2.05, 4.69) is 28.7 Å². The lowest BCUT2D eigenvalue weighted by Crippen LogP contribution is -2.25. The highest BCUT2D eigenvalue weighted by Crippen LogP contribution is 2.18. The maximum Gasteiger partial charge on any atom is 0.124 e. The number of para-hydroxylation sites is 2. The standard InChI is InChI=1S/C17H23N3O/c1-3-10-19(11-4-2)14-17-18-15-8-5-6-9-16(15)20(17)12-7-13-21/h3-6,8-9,21H,1-2,7,10-14H2. The van der Waals surface area contributed by atoms with E-state index in [-0.39, 0.29) is 6.61 Å². The van der Waals surface area contributed by atoms with Crippen LogP contribution in [0.3, 0.4) is 0 Å². The molecule has 0 spiro atoms. The monoisotopic (exact) mass is 285 g/mol. The number of aromatic nitrogens is 2. The Kier molecular flexibility index (Phi) is 5.72. The molecular weight excluding hydrogens is 262 g/mol. The lowest BCUT2D eigenvalue weighted by Gasteiger charge is -2.19. The minimum Gasteiger partial charge on any atom is -0.396 e. The fourth-order valence-electron chi connectivity index (χ4n) is 2.49. The molecule has 0 radical (unpaired) electrons. The van der Waals surface area contributed by atoms with E-state index in [1.54, 1.807) is 0 Å². The molecule has 0 saturated carbocycles. The van der Waals surface area contributed by atoms with E-state index in [0.29, 0.717) is 0 Å².